The van der Waals surface area contributed by atoms with E-state index in [0.717, 1.165) is 11.6 Å². The molecule has 114 valence electrons. The number of rotatable bonds is 4. The van der Waals surface area contributed by atoms with Crippen LogP contribution >= 0.6 is 11.6 Å². The maximum absolute atomic E-state index is 13.0. The molecule has 0 aliphatic rings. The second-order valence-electron chi connectivity index (χ2n) is 4.62. The maximum Gasteiger partial charge on any atom is 0.338 e. The van der Waals surface area contributed by atoms with Crippen molar-refractivity contribution in [3.8, 4) is 0 Å². The Labute approximate surface area is 131 Å². The van der Waals surface area contributed by atoms with Crippen molar-refractivity contribution in [3.05, 3.63) is 64.4 Å². The van der Waals surface area contributed by atoms with Crippen LogP contribution in [-0.2, 0) is 9.53 Å². The van der Waals surface area contributed by atoms with Gasteiger partial charge >= 0.3 is 5.97 Å². The quantitative estimate of drug-likeness (QED) is 0.876. The van der Waals surface area contributed by atoms with Crippen LogP contribution in [0, 0.1) is 12.7 Å². The number of hydrogen-bond donors (Lipinski definition) is 1. The highest BCUT2D eigenvalue weighted by Gasteiger charge is 2.10. The molecular formula is C16H13ClFNO3. The number of halogens is 2. The number of nitrogens with one attached hydrogen (secondary N) is 1. The molecule has 0 fully saturated rings. The first-order valence-electron chi connectivity index (χ1n) is 6.44. The SMILES string of the molecule is Cc1ccc(C(=O)OCC(=O)Nc2ccc(F)c(Cl)c2)cc1. The molecule has 0 saturated heterocycles. The normalized spacial score (nSPS) is 10.1. The van der Waals surface area contributed by atoms with Gasteiger partial charge in [-0.05, 0) is 37.3 Å². The Morgan fingerprint density at radius 3 is 2.50 bits per heavy atom. The van der Waals surface area contributed by atoms with Crippen molar-refractivity contribution in [2.75, 3.05) is 11.9 Å². The van der Waals surface area contributed by atoms with E-state index in [4.69, 9.17) is 16.3 Å². The lowest BCUT2D eigenvalue weighted by atomic mass is 10.1. The van der Waals surface area contributed by atoms with E-state index in [1.54, 1.807) is 24.3 Å². The molecule has 0 aliphatic heterocycles. The summed E-state index contributed by atoms with van der Waals surface area (Å²) in [6, 6.07) is 10.6. The summed E-state index contributed by atoms with van der Waals surface area (Å²) in [5.41, 5.74) is 1.70. The molecule has 1 N–H and O–H groups in total. The van der Waals surface area contributed by atoms with Crippen LogP contribution in [0.2, 0.25) is 5.02 Å². The molecule has 0 radical (unpaired) electrons. The predicted molar refractivity (Wildman–Crippen MR) is 81.5 cm³/mol. The summed E-state index contributed by atoms with van der Waals surface area (Å²) < 4.78 is 17.9. The molecule has 2 rings (SSSR count). The standard InChI is InChI=1S/C16H13ClFNO3/c1-10-2-4-11(5-3-10)16(21)22-9-15(20)19-12-6-7-14(18)13(17)8-12/h2-8H,9H2,1H3,(H,19,20). The number of carbonyl (C=O) groups is 2. The van der Waals surface area contributed by atoms with Gasteiger partial charge < -0.3 is 10.1 Å². The summed E-state index contributed by atoms with van der Waals surface area (Å²) in [6.07, 6.45) is 0. The van der Waals surface area contributed by atoms with Crippen molar-refractivity contribution < 1.29 is 18.7 Å². The molecule has 0 aromatic heterocycles. The molecule has 1 amide bonds. The number of esters is 1. The lowest BCUT2D eigenvalue weighted by Crippen LogP contribution is -2.20. The van der Waals surface area contributed by atoms with E-state index in [-0.39, 0.29) is 5.02 Å². The average Bonchev–Trinajstić information content (AvgIpc) is 2.49. The van der Waals surface area contributed by atoms with Crippen LogP contribution in [-0.4, -0.2) is 18.5 Å². The fourth-order valence-corrected chi connectivity index (χ4v) is 1.86. The summed E-state index contributed by atoms with van der Waals surface area (Å²) in [5, 5.41) is 2.36. The minimum atomic E-state index is -0.590. The molecular weight excluding hydrogens is 309 g/mol. The zero-order valence-electron chi connectivity index (χ0n) is 11.7. The lowest BCUT2D eigenvalue weighted by Gasteiger charge is -2.07. The first kappa shape index (κ1) is 16.0. The lowest BCUT2D eigenvalue weighted by molar-refractivity contribution is -0.119. The largest absolute Gasteiger partial charge is 0.452 e. The molecule has 0 aliphatic carbocycles. The van der Waals surface area contributed by atoms with E-state index in [1.165, 1.54) is 12.1 Å². The molecule has 0 saturated carbocycles. The molecule has 2 aromatic carbocycles. The number of benzene rings is 2. The third kappa shape index (κ3) is 4.30. The Hall–Kier alpha value is -2.40. The van der Waals surface area contributed by atoms with Crippen LogP contribution in [0.1, 0.15) is 15.9 Å². The number of amides is 1. The van der Waals surface area contributed by atoms with Gasteiger partial charge in [0, 0.05) is 5.69 Å². The van der Waals surface area contributed by atoms with Gasteiger partial charge in [0.15, 0.2) is 6.61 Å². The zero-order chi connectivity index (χ0) is 16.1. The second kappa shape index (κ2) is 7.04. The Morgan fingerprint density at radius 1 is 1.18 bits per heavy atom. The molecule has 6 heteroatoms. The van der Waals surface area contributed by atoms with E-state index < -0.39 is 24.3 Å². The third-order valence-electron chi connectivity index (χ3n) is 2.82. The number of aryl methyl sites for hydroxylation is 1. The van der Waals surface area contributed by atoms with Crippen molar-refractivity contribution in [1.82, 2.24) is 0 Å². The van der Waals surface area contributed by atoms with E-state index in [2.05, 4.69) is 5.32 Å². The highest BCUT2D eigenvalue weighted by Crippen LogP contribution is 2.19. The Morgan fingerprint density at radius 2 is 1.86 bits per heavy atom. The molecule has 0 unspecified atom stereocenters. The van der Waals surface area contributed by atoms with Crippen LogP contribution < -0.4 is 5.32 Å². The van der Waals surface area contributed by atoms with Gasteiger partial charge in [-0.25, -0.2) is 9.18 Å². The Kier molecular flexibility index (Phi) is 5.12. The second-order valence-corrected chi connectivity index (χ2v) is 5.03. The van der Waals surface area contributed by atoms with Crippen molar-refractivity contribution in [1.29, 1.82) is 0 Å². The Balaban J connectivity index is 1.88. The minimum absolute atomic E-state index is 0.102. The molecule has 0 heterocycles. The third-order valence-corrected chi connectivity index (χ3v) is 3.11. The van der Waals surface area contributed by atoms with Crippen molar-refractivity contribution in [2.24, 2.45) is 0 Å². The molecule has 0 spiro atoms. The van der Waals surface area contributed by atoms with E-state index in [1.807, 2.05) is 6.92 Å². The van der Waals surface area contributed by atoms with Gasteiger partial charge in [0.25, 0.3) is 5.91 Å². The summed E-state index contributed by atoms with van der Waals surface area (Å²) >= 11 is 5.61. The van der Waals surface area contributed by atoms with Crippen LogP contribution in [0.15, 0.2) is 42.5 Å². The first-order valence-corrected chi connectivity index (χ1v) is 6.82. The fourth-order valence-electron chi connectivity index (χ4n) is 1.68. The zero-order valence-corrected chi connectivity index (χ0v) is 12.5. The van der Waals surface area contributed by atoms with E-state index in [0.29, 0.717) is 11.3 Å². The van der Waals surface area contributed by atoms with Gasteiger partial charge in [-0.15, -0.1) is 0 Å². The van der Waals surface area contributed by atoms with E-state index in [9.17, 15) is 14.0 Å². The Bertz CT molecular complexity index is 701. The van der Waals surface area contributed by atoms with Gasteiger partial charge in [-0.2, -0.15) is 0 Å². The number of hydrogen-bond acceptors (Lipinski definition) is 3. The van der Waals surface area contributed by atoms with Crippen LogP contribution in [0.25, 0.3) is 0 Å². The average molecular weight is 322 g/mol. The minimum Gasteiger partial charge on any atom is -0.452 e. The summed E-state index contributed by atoms with van der Waals surface area (Å²) in [7, 11) is 0. The number of anilines is 1. The van der Waals surface area contributed by atoms with Crippen LogP contribution in [0.5, 0.6) is 0 Å². The highest BCUT2D eigenvalue weighted by atomic mass is 35.5. The van der Waals surface area contributed by atoms with Gasteiger partial charge in [-0.3, -0.25) is 4.79 Å². The van der Waals surface area contributed by atoms with Crippen LogP contribution in [0.4, 0.5) is 10.1 Å². The van der Waals surface area contributed by atoms with Crippen molar-refractivity contribution in [2.45, 2.75) is 6.92 Å². The van der Waals surface area contributed by atoms with Gasteiger partial charge in [0.2, 0.25) is 0 Å². The first-order chi connectivity index (χ1) is 10.5. The molecule has 2 aromatic rings. The summed E-state index contributed by atoms with van der Waals surface area (Å²) in [5.74, 6) is -1.71. The van der Waals surface area contributed by atoms with Gasteiger partial charge in [0.1, 0.15) is 5.82 Å². The van der Waals surface area contributed by atoms with Crippen molar-refractivity contribution in [3.63, 3.8) is 0 Å². The summed E-state index contributed by atoms with van der Waals surface area (Å²) in [4.78, 5) is 23.4. The monoisotopic (exact) mass is 321 g/mol. The topological polar surface area (TPSA) is 55.4 Å². The highest BCUT2D eigenvalue weighted by molar-refractivity contribution is 6.31. The van der Waals surface area contributed by atoms with Crippen LogP contribution in [0.3, 0.4) is 0 Å². The fraction of sp³-hybridized carbons (Fsp3) is 0.125. The molecule has 0 bridgehead atoms. The van der Waals surface area contributed by atoms with Gasteiger partial charge in [-0.1, -0.05) is 29.3 Å². The predicted octanol–water partition coefficient (Wildman–Crippen LogP) is 3.58. The molecule has 0 atom stereocenters. The van der Waals surface area contributed by atoms with E-state index >= 15 is 0 Å². The summed E-state index contributed by atoms with van der Waals surface area (Å²) in [6.45, 7) is 1.46. The van der Waals surface area contributed by atoms with Crippen molar-refractivity contribution >= 4 is 29.2 Å². The number of ether oxygens (including phenoxy) is 1. The molecule has 22 heavy (non-hydrogen) atoms. The maximum atomic E-state index is 13.0. The van der Waals surface area contributed by atoms with Gasteiger partial charge in [0.05, 0.1) is 10.6 Å². The number of carbonyl (C=O) groups excluding carboxylic acids is 2. The smallest absolute Gasteiger partial charge is 0.338 e. The molecule has 4 nitrogen and oxygen atoms in total.